The molecule has 2 rings (SSSR count). The van der Waals surface area contributed by atoms with Crippen LogP contribution in [0.1, 0.15) is 78.1 Å². The molecule has 0 N–H and O–H groups in total. The number of hydrogen-bond donors (Lipinski definition) is 0. The van der Waals surface area contributed by atoms with Crippen molar-refractivity contribution in [2.45, 2.75) is 78.1 Å². The first-order chi connectivity index (χ1) is 10.8. The van der Waals surface area contributed by atoms with Gasteiger partial charge in [0.25, 0.3) is 0 Å². The van der Waals surface area contributed by atoms with Gasteiger partial charge in [0.15, 0.2) is 0 Å². The minimum Gasteiger partial charge on any atom is -0.0914 e. The minimum atomic E-state index is 0.863. The zero-order valence-corrected chi connectivity index (χ0v) is 14.8. The van der Waals surface area contributed by atoms with Crippen molar-refractivity contribution in [2.24, 2.45) is 23.7 Å². The van der Waals surface area contributed by atoms with E-state index in [0.717, 1.165) is 23.7 Å². The first-order valence-electron chi connectivity index (χ1n) is 9.74. The van der Waals surface area contributed by atoms with Gasteiger partial charge in [-0.05, 0) is 102 Å². The molecular formula is C22H36. The van der Waals surface area contributed by atoms with Crippen molar-refractivity contribution in [1.82, 2.24) is 0 Å². The molecule has 0 unspecified atom stereocenters. The molecule has 22 heavy (non-hydrogen) atoms. The summed E-state index contributed by atoms with van der Waals surface area (Å²) in [6.07, 6.45) is 28.4. The van der Waals surface area contributed by atoms with Crippen LogP contribution in [0.5, 0.6) is 0 Å². The largest absolute Gasteiger partial charge is 0.0914 e. The minimum absolute atomic E-state index is 0.863. The second-order valence-corrected chi connectivity index (χ2v) is 7.51. The van der Waals surface area contributed by atoms with Crippen molar-refractivity contribution in [1.29, 1.82) is 0 Å². The van der Waals surface area contributed by atoms with Crippen molar-refractivity contribution in [3.05, 3.63) is 36.5 Å². The van der Waals surface area contributed by atoms with Gasteiger partial charge in [0, 0.05) is 0 Å². The van der Waals surface area contributed by atoms with Gasteiger partial charge in [-0.2, -0.15) is 0 Å². The summed E-state index contributed by atoms with van der Waals surface area (Å²) >= 11 is 0. The van der Waals surface area contributed by atoms with E-state index in [1.54, 1.807) is 0 Å². The third-order valence-corrected chi connectivity index (χ3v) is 5.79. The first-order valence-corrected chi connectivity index (χ1v) is 9.74. The van der Waals surface area contributed by atoms with E-state index in [9.17, 15) is 0 Å². The Balaban J connectivity index is 1.57. The third-order valence-electron chi connectivity index (χ3n) is 5.79. The first kappa shape index (κ1) is 17.6. The summed E-state index contributed by atoms with van der Waals surface area (Å²) in [5, 5.41) is 0. The summed E-state index contributed by atoms with van der Waals surface area (Å²) < 4.78 is 0. The van der Waals surface area contributed by atoms with Gasteiger partial charge in [-0.1, -0.05) is 36.5 Å². The quantitative estimate of drug-likeness (QED) is 0.459. The van der Waals surface area contributed by atoms with Gasteiger partial charge >= 0.3 is 0 Å². The molecule has 2 saturated carbocycles. The molecular weight excluding hydrogens is 264 g/mol. The lowest BCUT2D eigenvalue weighted by Gasteiger charge is -2.26. The van der Waals surface area contributed by atoms with E-state index >= 15 is 0 Å². The SMILES string of the molecule is C/C=C/[C@H]1CC[C@H](/C=C/CC[C@H]2CC[C@H](/C=C/C)CC2)CC1. The van der Waals surface area contributed by atoms with Crippen molar-refractivity contribution < 1.29 is 0 Å². The van der Waals surface area contributed by atoms with E-state index in [1.165, 1.54) is 64.2 Å². The summed E-state index contributed by atoms with van der Waals surface area (Å²) in [6, 6.07) is 0. The van der Waals surface area contributed by atoms with Gasteiger partial charge in [-0.15, -0.1) is 0 Å². The highest BCUT2D eigenvalue weighted by atomic mass is 14.2. The molecule has 2 aliphatic rings. The summed E-state index contributed by atoms with van der Waals surface area (Å²) in [6.45, 7) is 4.31. The Morgan fingerprint density at radius 2 is 1.09 bits per heavy atom. The summed E-state index contributed by atoms with van der Waals surface area (Å²) in [7, 11) is 0. The molecule has 0 bridgehead atoms. The van der Waals surface area contributed by atoms with Gasteiger partial charge in [0.05, 0.1) is 0 Å². The topological polar surface area (TPSA) is 0 Å². The van der Waals surface area contributed by atoms with Crippen LogP contribution in [0.3, 0.4) is 0 Å². The van der Waals surface area contributed by atoms with Crippen molar-refractivity contribution >= 4 is 0 Å². The normalized spacial score (nSPS) is 34.1. The molecule has 0 amide bonds. The van der Waals surface area contributed by atoms with E-state index in [2.05, 4.69) is 50.3 Å². The average molecular weight is 301 g/mol. The lowest BCUT2D eigenvalue weighted by atomic mass is 9.79. The molecule has 124 valence electrons. The van der Waals surface area contributed by atoms with E-state index < -0.39 is 0 Å². The predicted molar refractivity (Wildman–Crippen MR) is 98.9 cm³/mol. The van der Waals surface area contributed by atoms with E-state index in [-0.39, 0.29) is 0 Å². The Morgan fingerprint density at radius 1 is 0.636 bits per heavy atom. The number of hydrogen-bond acceptors (Lipinski definition) is 0. The van der Waals surface area contributed by atoms with Gasteiger partial charge < -0.3 is 0 Å². The van der Waals surface area contributed by atoms with Crippen LogP contribution in [0.4, 0.5) is 0 Å². The number of rotatable bonds is 6. The van der Waals surface area contributed by atoms with Gasteiger partial charge in [-0.25, -0.2) is 0 Å². The molecule has 0 radical (unpaired) electrons. The fourth-order valence-corrected chi connectivity index (χ4v) is 4.36. The lowest BCUT2D eigenvalue weighted by Crippen LogP contribution is -2.13. The molecule has 0 aromatic rings. The molecule has 0 atom stereocenters. The lowest BCUT2D eigenvalue weighted by molar-refractivity contribution is 0.297. The standard InChI is InChI=1S/C22H36/c1-3-7-19-11-15-21(16-12-19)9-5-6-10-22-17-13-20(8-4-2)14-18-22/h3-5,7-9,19-22H,6,10-18H2,1-2H3/b7-3+,8-4+,9-5+/t19-,20-,21-,22-. The summed E-state index contributed by atoms with van der Waals surface area (Å²) in [5.41, 5.74) is 0. The van der Waals surface area contributed by atoms with Crippen LogP contribution in [0.2, 0.25) is 0 Å². The predicted octanol–water partition coefficient (Wildman–Crippen LogP) is 7.09. The van der Waals surface area contributed by atoms with E-state index in [4.69, 9.17) is 0 Å². The molecule has 0 heterocycles. The van der Waals surface area contributed by atoms with Gasteiger partial charge in [-0.3, -0.25) is 0 Å². The Morgan fingerprint density at radius 3 is 1.59 bits per heavy atom. The highest BCUT2D eigenvalue weighted by Gasteiger charge is 2.19. The molecule has 0 saturated heterocycles. The highest BCUT2D eigenvalue weighted by molar-refractivity contribution is 4.96. The second-order valence-electron chi connectivity index (χ2n) is 7.51. The monoisotopic (exact) mass is 300 g/mol. The Labute approximate surface area is 138 Å². The highest BCUT2D eigenvalue weighted by Crippen LogP contribution is 2.33. The maximum Gasteiger partial charge on any atom is -0.0233 e. The smallest absolute Gasteiger partial charge is 0.0233 e. The van der Waals surface area contributed by atoms with Crippen LogP contribution in [-0.2, 0) is 0 Å². The molecule has 0 aliphatic heterocycles. The molecule has 0 aromatic heterocycles. The maximum atomic E-state index is 2.54. The van der Waals surface area contributed by atoms with Crippen molar-refractivity contribution in [2.75, 3.05) is 0 Å². The van der Waals surface area contributed by atoms with Crippen molar-refractivity contribution in [3.63, 3.8) is 0 Å². The van der Waals surface area contributed by atoms with Crippen LogP contribution in [0, 0.1) is 23.7 Å². The molecule has 0 aromatic carbocycles. The zero-order chi connectivity index (χ0) is 15.6. The fraction of sp³-hybridized carbons (Fsp3) is 0.727. The van der Waals surface area contributed by atoms with Gasteiger partial charge in [0.2, 0.25) is 0 Å². The maximum absolute atomic E-state index is 2.54. The number of allylic oxidation sites excluding steroid dienone is 6. The van der Waals surface area contributed by atoms with Crippen LogP contribution in [0.15, 0.2) is 36.5 Å². The Kier molecular flexibility index (Phi) is 8.05. The van der Waals surface area contributed by atoms with E-state index in [1.807, 2.05) is 0 Å². The molecule has 0 nitrogen and oxygen atoms in total. The molecule has 2 aliphatic carbocycles. The Bertz CT molecular complexity index is 357. The Hall–Kier alpha value is -0.780. The molecule has 0 spiro atoms. The van der Waals surface area contributed by atoms with Crippen LogP contribution < -0.4 is 0 Å². The summed E-state index contributed by atoms with van der Waals surface area (Å²) in [5.74, 6) is 3.61. The average Bonchev–Trinajstić information content (AvgIpc) is 2.55. The van der Waals surface area contributed by atoms with Crippen molar-refractivity contribution in [3.8, 4) is 0 Å². The van der Waals surface area contributed by atoms with Crippen LogP contribution in [-0.4, -0.2) is 0 Å². The third kappa shape index (κ3) is 6.15. The van der Waals surface area contributed by atoms with E-state index in [0.29, 0.717) is 0 Å². The fourth-order valence-electron chi connectivity index (χ4n) is 4.36. The molecule has 0 heteroatoms. The zero-order valence-electron chi connectivity index (χ0n) is 14.8. The molecule has 2 fully saturated rings. The van der Waals surface area contributed by atoms with Crippen LogP contribution in [0.25, 0.3) is 0 Å². The van der Waals surface area contributed by atoms with Gasteiger partial charge in [0.1, 0.15) is 0 Å². The van der Waals surface area contributed by atoms with Crippen LogP contribution >= 0.6 is 0 Å². The summed E-state index contributed by atoms with van der Waals surface area (Å²) in [4.78, 5) is 0. The second kappa shape index (κ2) is 10.1.